The molecule has 0 aliphatic rings. The molecule has 0 aliphatic carbocycles. The maximum Gasteiger partial charge on any atom is 0.225 e. The molecule has 0 radical (unpaired) electrons. The van der Waals surface area contributed by atoms with E-state index in [2.05, 4.69) is 28.3 Å². The van der Waals surface area contributed by atoms with Gasteiger partial charge in [-0.15, -0.1) is 11.3 Å². The molecule has 5 nitrogen and oxygen atoms in total. The molecular formula is C18H22N4OS. The quantitative estimate of drug-likeness (QED) is 0.745. The number of hydrogen-bond donors (Lipinski definition) is 1. The molecule has 0 saturated carbocycles. The van der Waals surface area contributed by atoms with Gasteiger partial charge in [-0.25, -0.2) is 9.97 Å². The van der Waals surface area contributed by atoms with E-state index in [0.717, 1.165) is 27.5 Å². The Hall–Kier alpha value is -2.21. The van der Waals surface area contributed by atoms with Crippen LogP contribution < -0.4 is 5.32 Å². The smallest absolute Gasteiger partial charge is 0.225 e. The number of carbonyl (C=O) groups is 1. The lowest BCUT2D eigenvalue weighted by molar-refractivity contribution is -0.125. The van der Waals surface area contributed by atoms with Gasteiger partial charge in [0, 0.05) is 25.4 Å². The molecule has 6 heteroatoms. The number of hydrogen-bond acceptors (Lipinski definition) is 4. The largest absolute Gasteiger partial charge is 0.347 e. The summed E-state index contributed by atoms with van der Waals surface area (Å²) in [6, 6.07) is 7.95. The molecule has 0 saturated heterocycles. The van der Waals surface area contributed by atoms with Crippen molar-refractivity contribution >= 4 is 27.5 Å². The van der Waals surface area contributed by atoms with E-state index in [1.54, 1.807) is 17.5 Å². The number of fused-ring (bicyclic) bond motifs is 1. The highest BCUT2D eigenvalue weighted by molar-refractivity contribution is 7.18. The zero-order valence-corrected chi connectivity index (χ0v) is 15.0. The molecule has 2 heterocycles. The van der Waals surface area contributed by atoms with Gasteiger partial charge in [0.05, 0.1) is 22.2 Å². The number of benzene rings is 1. The highest BCUT2D eigenvalue weighted by atomic mass is 32.1. The van der Waals surface area contributed by atoms with Gasteiger partial charge >= 0.3 is 0 Å². The van der Waals surface area contributed by atoms with Gasteiger partial charge in [-0.05, 0) is 19.1 Å². The number of amides is 1. The molecule has 0 aliphatic heterocycles. The summed E-state index contributed by atoms with van der Waals surface area (Å²) in [7, 11) is 0. The normalized spacial score (nSPS) is 13.8. The Balaban J connectivity index is 1.64. The number of rotatable bonds is 6. The summed E-state index contributed by atoms with van der Waals surface area (Å²) >= 11 is 1.63. The number of carbonyl (C=O) groups excluding carboxylic acids is 1. The Morgan fingerprint density at radius 3 is 2.88 bits per heavy atom. The Morgan fingerprint density at radius 2 is 2.12 bits per heavy atom. The van der Waals surface area contributed by atoms with Crippen LogP contribution in [0, 0.1) is 5.92 Å². The van der Waals surface area contributed by atoms with Crippen LogP contribution in [0.25, 0.3) is 10.2 Å². The molecule has 2 aromatic heterocycles. The van der Waals surface area contributed by atoms with Crippen LogP contribution in [-0.2, 0) is 17.8 Å². The standard InChI is InChI=1S/C18H22N4OS/c1-4-16-19-9-10-22(16)11-12(2)17(23)20-13(3)18-21-14-7-5-6-8-15(14)24-18/h5-10,12-13H,4,11H2,1-3H3,(H,20,23)/t12-,13+/m0/s1. The van der Waals surface area contributed by atoms with E-state index >= 15 is 0 Å². The fraction of sp³-hybridized carbons (Fsp3) is 0.389. The second kappa shape index (κ2) is 7.13. The van der Waals surface area contributed by atoms with E-state index in [9.17, 15) is 4.79 Å². The second-order valence-electron chi connectivity index (χ2n) is 6.00. The van der Waals surface area contributed by atoms with Crippen LogP contribution in [0.2, 0.25) is 0 Å². The van der Waals surface area contributed by atoms with Crippen LogP contribution in [0.3, 0.4) is 0 Å². The maximum absolute atomic E-state index is 12.5. The number of imidazole rings is 1. The Kier molecular flexibility index (Phi) is 4.94. The number of thiazole rings is 1. The van der Waals surface area contributed by atoms with Crippen molar-refractivity contribution in [1.82, 2.24) is 19.9 Å². The van der Waals surface area contributed by atoms with Crippen LogP contribution in [0.4, 0.5) is 0 Å². The van der Waals surface area contributed by atoms with Gasteiger partial charge in [0.1, 0.15) is 10.8 Å². The SMILES string of the molecule is CCc1nccn1C[C@H](C)C(=O)N[C@H](C)c1nc2ccccc2s1. The van der Waals surface area contributed by atoms with Gasteiger partial charge in [0.2, 0.25) is 5.91 Å². The molecule has 2 atom stereocenters. The van der Waals surface area contributed by atoms with Crippen LogP contribution >= 0.6 is 11.3 Å². The lowest BCUT2D eigenvalue weighted by Gasteiger charge is -2.17. The lowest BCUT2D eigenvalue weighted by Crippen LogP contribution is -2.33. The van der Waals surface area contributed by atoms with E-state index < -0.39 is 0 Å². The Bertz CT molecular complexity index is 805. The summed E-state index contributed by atoms with van der Waals surface area (Å²) in [5.74, 6) is 0.924. The third-order valence-corrected chi connectivity index (χ3v) is 5.29. The van der Waals surface area contributed by atoms with Crippen molar-refractivity contribution in [2.75, 3.05) is 0 Å². The minimum absolute atomic E-state index is 0.0394. The highest BCUT2D eigenvalue weighted by Crippen LogP contribution is 2.26. The van der Waals surface area contributed by atoms with Gasteiger partial charge < -0.3 is 9.88 Å². The molecule has 0 fully saturated rings. The molecule has 3 aromatic rings. The first-order chi connectivity index (χ1) is 11.6. The fourth-order valence-electron chi connectivity index (χ4n) is 2.69. The zero-order chi connectivity index (χ0) is 17.1. The third-order valence-electron chi connectivity index (χ3n) is 4.08. The van der Waals surface area contributed by atoms with Gasteiger partial charge in [-0.3, -0.25) is 4.79 Å². The van der Waals surface area contributed by atoms with Crippen molar-refractivity contribution in [2.45, 2.75) is 39.8 Å². The summed E-state index contributed by atoms with van der Waals surface area (Å²) in [6.07, 6.45) is 4.58. The third kappa shape index (κ3) is 3.48. The molecule has 1 amide bonds. The number of nitrogens with one attached hydrogen (secondary N) is 1. The molecule has 1 aromatic carbocycles. The molecular weight excluding hydrogens is 320 g/mol. The van der Waals surface area contributed by atoms with Gasteiger partial charge in [-0.2, -0.15) is 0 Å². The van der Waals surface area contributed by atoms with Crippen LogP contribution in [0.15, 0.2) is 36.7 Å². The van der Waals surface area contributed by atoms with E-state index in [-0.39, 0.29) is 17.9 Å². The van der Waals surface area contributed by atoms with Crippen LogP contribution in [-0.4, -0.2) is 20.4 Å². The van der Waals surface area contributed by atoms with E-state index in [1.165, 1.54) is 0 Å². The van der Waals surface area contributed by atoms with Crippen LogP contribution in [0.5, 0.6) is 0 Å². The molecule has 0 unspecified atom stereocenters. The molecule has 24 heavy (non-hydrogen) atoms. The van der Waals surface area contributed by atoms with Crippen LogP contribution in [0.1, 0.15) is 37.6 Å². The van der Waals surface area contributed by atoms with E-state index in [1.807, 2.05) is 42.8 Å². The Labute approximate surface area is 145 Å². The minimum atomic E-state index is -0.124. The highest BCUT2D eigenvalue weighted by Gasteiger charge is 2.19. The summed E-state index contributed by atoms with van der Waals surface area (Å²) in [4.78, 5) is 21.4. The first kappa shape index (κ1) is 16.6. The van der Waals surface area contributed by atoms with Crippen molar-refractivity contribution in [3.05, 3.63) is 47.5 Å². The summed E-state index contributed by atoms with van der Waals surface area (Å²) < 4.78 is 3.19. The van der Waals surface area contributed by atoms with E-state index in [4.69, 9.17) is 0 Å². The van der Waals surface area contributed by atoms with Gasteiger partial charge in [0.25, 0.3) is 0 Å². The second-order valence-corrected chi connectivity index (χ2v) is 7.06. The van der Waals surface area contributed by atoms with Crippen molar-refractivity contribution in [1.29, 1.82) is 0 Å². The van der Waals surface area contributed by atoms with Gasteiger partial charge in [0.15, 0.2) is 0 Å². The maximum atomic E-state index is 12.5. The van der Waals surface area contributed by atoms with Crippen molar-refractivity contribution in [3.8, 4) is 0 Å². The predicted octanol–water partition coefficient (Wildman–Crippen LogP) is 3.57. The monoisotopic (exact) mass is 342 g/mol. The summed E-state index contributed by atoms with van der Waals surface area (Å²) in [5, 5.41) is 4.02. The summed E-state index contributed by atoms with van der Waals surface area (Å²) in [5.41, 5.74) is 0.984. The van der Waals surface area contributed by atoms with Gasteiger partial charge in [-0.1, -0.05) is 26.0 Å². The number of nitrogens with zero attached hydrogens (tertiary/aromatic N) is 3. The Morgan fingerprint density at radius 1 is 1.33 bits per heavy atom. The van der Waals surface area contributed by atoms with Crippen molar-refractivity contribution in [3.63, 3.8) is 0 Å². The molecule has 126 valence electrons. The predicted molar refractivity (Wildman–Crippen MR) is 96.9 cm³/mol. The first-order valence-electron chi connectivity index (χ1n) is 8.24. The molecule has 0 spiro atoms. The average Bonchev–Trinajstić information content (AvgIpc) is 3.20. The van der Waals surface area contributed by atoms with Crippen molar-refractivity contribution in [2.24, 2.45) is 5.92 Å². The van der Waals surface area contributed by atoms with Crippen molar-refractivity contribution < 1.29 is 4.79 Å². The first-order valence-corrected chi connectivity index (χ1v) is 9.06. The molecule has 0 bridgehead atoms. The fourth-order valence-corrected chi connectivity index (χ4v) is 3.66. The minimum Gasteiger partial charge on any atom is -0.347 e. The molecule has 1 N–H and O–H groups in total. The molecule has 3 rings (SSSR count). The number of aryl methyl sites for hydroxylation is 1. The lowest BCUT2D eigenvalue weighted by atomic mass is 10.1. The topological polar surface area (TPSA) is 59.8 Å². The summed E-state index contributed by atoms with van der Waals surface area (Å²) in [6.45, 7) is 6.64. The number of para-hydroxylation sites is 1. The number of aromatic nitrogens is 3. The average molecular weight is 342 g/mol. The zero-order valence-electron chi connectivity index (χ0n) is 14.2. The van der Waals surface area contributed by atoms with E-state index in [0.29, 0.717) is 6.54 Å².